The molecule has 0 aliphatic carbocycles. The molecule has 8 heteroatoms. The van der Waals surface area contributed by atoms with Crippen molar-refractivity contribution >= 4 is 17.6 Å². The number of alkyl halides is 3. The van der Waals surface area contributed by atoms with Crippen LogP contribution in [0.1, 0.15) is 43.3 Å². The van der Waals surface area contributed by atoms with Gasteiger partial charge in [-0.3, -0.25) is 9.20 Å². The molecule has 5 nitrogen and oxygen atoms in total. The number of nitrogens with zero attached hydrogens (tertiary/aromatic N) is 3. The quantitative estimate of drug-likeness (QED) is 0.659. The van der Waals surface area contributed by atoms with Gasteiger partial charge in [0, 0.05) is 12.3 Å². The number of rotatable bonds is 4. The van der Waals surface area contributed by atoms with E-state index in [2.05, 4.69) is 36.3 Å². The molecule has 2 aromatic heterocycles. The average Bonchev–Trinajstić information content (AvgIpc) is 3.06. The van der Waals surface area contributed by atoms with Crippen LogP contribution >= 0.6 is 0 Å². The Morgan fingerprint density at radius 1 is 1.03 bits per heavy atom. The van der Waals surface area contributed by atoms with Gasteiger partial charge in [-0.05, 0) is 34.8 Å². The molecule has 1 N–H and O–H groups in total. The molecule has 29 heavy (non-hydrogen) atoms. The molecular weight excluding hydrogens is 381 g/mol. The first-order valence-electron chi connectivity index (χ1n) is 9.01. The Hall–Kier alpha value is -3.16. The van der Waals surface area contributed by atoms with E-state index < -0.39 is 11.7 Å². The van der Waals surface area contributed by atoms with Crippen molar-refractivity contribution in [2.24, 2.45) is 0 Å². The molecule has 0 fully saturated rings. The maximum Gasteiger partial charge on any atom is 0.417 e. The fourth-order valence-electron chi connectivity index (χ4n) is 2.72. The molecule has 152 valence electrons. The van der Waals surface area contributed by atoms with Gasteiger partial charge in [-0.2, -0.15) is 13.2 Å². The van der Waals surface area contributed by atoms with E-state index in [1.54, 1.807) is 6.08 Å². The second kappa shape index (κ2) is 7.69. The highest BCUT2D eigenvalue weighted by Gasteiger charge is 2.31. The SMILES string of the molecule is CC(C)(C)c1ccc(/C=C/C(=O)NCc2nnc3ccc(C(F)(F)F)cn23)cc1. The molecule has 0 unspecified atom stereocenters. The molecule has 1 aromatic carbocycles. The van der Waals surface area contributed by atoms with Gasteiger partial charge in [0.1, 0.15) is 0 Å². The van der Waals surface area contributed by atoms with Crippen molar-refractivity contribution < 1.29 is 18.0 Å². The number of amides is 1. The zero-order valence-corrected chi connectivity index (χ0v) is 16.3. The largest absolute Gasteiger partial charge is 0.417 e. The third-order valence-corrected chi connectivity index (χ3v) is 4.42. The van der Waals surface area contributed by atoms with E-state index in [4.69, 9.17) is 0 Å². The standard InChI is InChI=1S/C21H21F3N4O/c1-20(2,3)15-7-4-14(5-8-15)6-11-19(29)25-12-18-27-26-17-10-9-16(13-28(17)18)21(22,23)24/h4-11,13H,12H2,1-3H3,(H,25,29)/b11-6+. The number of carbonyl (C=O) groups excluding carboxylic acids is 1. The van der Waals surface area contributed by atoms with Crippen LogP contribution in [0.15, 0.2) is 48.7 Å². The van der Waals surface area contributed by atoms with E-state index in [-0.39, 0.29) is 29.3 Å². The number of hydrogen-bond acceptors (Lipinski definition) is 3. The van der Waals surface area contributed by atoms with E-state index in [0.29, 0.717) is 0 Å². The second-order valence-electron chi connectivity index (χ2n) is 7.68. The fourth-order valence-corrected chi connectivity index (χ4v) is 2.72. The average molecular weight is 402 g/mol. The summed E-state index contributed by atoms with van der Waals surface area (Å²) in [6, 6.07) is 10.1. The highest BCUT2D eigenvalue weighted by atomic mass is 19.4. The first-order chi connectivity index (χ1) is 13.5. The van der Waals surface area contributed by atoms with Crippen molar-refractivity contribution in [2.75, 3.05) is 0 Å². The maximum absolute atomic E-state index is 12.9. The number of halogens is 3. The van der Waals surface area contributed by atoms with Gasteiger partial charge in [-0.1, -0.05) is 45.0 Å². The monoisotopic (exact) mass is 402 g/mol. The summed E-state index contributed by atoms with van der Waals surface area (Å²) in [5.41, 5.74) is 1.58. The Labute approximate surface area is 166 Å². The molecule has 0 atom stereocenters. The van der Waals surface area contributed by atoms with Gasteiger partial charge in [0.15, 0.2) is 11.5 Å². The van der Waals surface area contributed by atoms with Crippen molar-refractivity contribution in [3.63, 3.8) is 0 Å². The van der Waals surface area contributed by atoms with Crippen LogP contribution < -0.4 is 5.32 Å². The number of aromatic nitrogens is 3. The van der Waals surface area contributed by atoms with Crippen LogP contribution in [-0.4, -0.2) is 20.5 Å². The molecule has 0 radical (unpaired) electrons. The normalized spacial score (nSPS) is 12.6. The van der Waals surface area contributed by atoms with E-state index in [1.165, 1.54) is 22.1 Å². The van der Waals surface area contributed by atoms with E-state index in [0.717, 1.165) is 17.8 Å². The maximum atomic E-state index is 12.9. The van der Waals surface area contributed by atoms with Crippen LogP contribution in [0.4, 0.5) is 13.2 Å². The van der Waals surface area contributed by atoms with Crippen LogP contribution in [0.5, 0.6) is 0 Å². The van der Waals surface area contributed by atoms with Gasteiger partial charge in [0.25, 0.3) is 0 Å². The zero-order valence-electron chi connectivity index (χ0n) is 16.3. The Kier molecular flexibility index (Phi) is 5.46. The van der Waals surface area contributed by atoms with Crippen LogP contribution in [0.2, 0.25) is 0 Å². The van der Waals surface area contributed by atoms with Gasteiger partial charge >= 0.3 is 6.18 Å². The lowest BCUT2D eigenvalue weighted by Crippen LogP contribution is -2.21. The molecule has 0 saturated carbocycles. The first-order valence-corrected chi connectivity index (χ1v) is 9.01. The number of pyridine rings is 1. The lowest BCUT2D eigenvalue weighted by atomic mass is 9.87. The van der Waals surface area contributed by atoms with Crippen molar-refractivity contribution in [3.05, 3.63) is 71.2 Å². The number of fused-ring (bicyclic) bond motifs is 1. The van der Waals surface area contributed by atoms with E-state index in [1.807, 2.05) is 24.3 Å². The van der Waals surface area contributed by atoms with E-state index in [9.17, 15) is 18.0 Å². The predicted molar refractivity (Wildman–Crippen MR) is 104 cm³/mol. The Balaban J connectivity index is 1.65. The molecule has 3 aromatic rings. The number of hydrogen-bond donors (Lipinski definition) is 1. The van der Waals surface area contributed by atoms with Gasteiger partial charge in [-0.25, -0.2) is 0 Å². The summed E-state index contributed by atoms with van der Waals surface area (Å²) in [6.45, 7) is 6.32. The van der Waals surface area contributed by atoms with Crippen LogP contribution in [0.3, 0.4) is 0 Å². The minimum Gasteiger partial charge on any atom is -0.345 e. The number of benzene rings is 1. The van der Waals surface area contributed by atoms with Gasteiger partial charge in [0.05, 0.1) is 12.1 Å². The Bertz CT molecular complexity index is 1040. The minimum absolute atomic E-state index is 0.0470. The summed E-state index contributed by atoms with van der Waals surface area (Å²) in [6.07, 6.45) is -0.504. The van der Waals surface area contributed by atoms with Gasteiger partial charge in [-0.15, -0.1) is 10.2 Å². The molecule has 0 saturated heterocycles. The number of carbonyl (C=O) groups is 1. The molecule has 3 rings (SSSR count). The molecule has 0 bridgehead atoms. The summed E-state index contributed by atoms with van der Waals surface area (Å²) in [4.78, 5) is 12.1. The van der Waals surface area contributed by atoms with Crippen LogP contribution in [0.25, 0.3) is 11.7 Å². The Morgan fingerprint density at radius 2 is 1.69 bits per heavy atom. The summed E-state index contributed by atoms with van der Waals surface area (Å²) in [5, 5.41) is 10.3. The van der Waals surface area contributed by atoms with Crippen molar-refractivity contribution in [1.29, 1.82) is 0 Å². The molecule has 0 spiro atoms. The van der Waals surface area contributed by atoms with Crippen molar-refractivity contribution in [2.45, 2.75) is 38.9 Å². The highest BCUT2D eigenvalue weighted by molar-refractivity contribution is 5.91. The molecule has 2 heterocycles. The minimum atomic E-state index is -4.47. The van der Waals surface area contributed by atoms with Crippen LogP contribution in [-0.2, 0) is 22.9 Å². The summed E-state index contributed by atoms with van der Waals surface area (Å²) in [7, 11) is 0. The van der Waals surface area contributed by atoms with Gasteiger partial charge < -0.3 is 5.32 Å². The molecule has 0 aliphatic heterocycles. The fraction of sp³-hybridized carbons (Fsp3) is 0.286. The third-order valence-electron chi connectivity index (χ3n) is 4.42. The zero-order chi connectivity index (χ0) is 21.2. The lowest BCUT2D eigenvalue weighted by Gasteiger charge is -2.18. The predicted octanol–water partition coefficient (Wildman–Crippen LogP) is 4.38. The molecule has 0 aliphatic rings. The molecule has 1 amide bonds. The number of nitrogens with one attached hydrogen (secondary N) is 1. The lowest BCUT2D eigenvalue weighted by molar-refractivity contribution is -0.137. The van der Waals surface area contributed by atoms with Crippen molar-refractivity contribution in [3.8, 4) is 0 Å². The summed E-state index contributed by atoms with van der Waals surface area (Å²) >= 11 is 0. The highest BCUT2D eigenvalue weighted by Crippen LogP contribution is 2.29. The smallest absolute Gasteiger partial charge is 0.345 e. The summed E-state index contributed by atoms with van der Waals surface area (Å²) in [5.74, 6) is -0.170. The first kappa shape index (κ1) is 20.6. The Morgan fingerprint density at radius 3 is 2.31 bits per heavy atom. The third kappa shape index (κ3) is 5.01. The van der Waals surface area contributed by atoms with E-state index >= 15 is 0 Å². The summed E-state index contributed by atoms with van der Waals surface area (Å²) < 4.78 is 39.9. The van der Waals surface area contributed by atoms with Crippen molar-refractivity contribution in [1.82, 2.24) is 19.9 Å². The second-order valence-corrected chi connectivity index (χ2v) is 7.68. The van der Waals surface area contributed by atoms with Gasteiger partial charge in [0.2, 0.25) is 5.91 Å². The topological polar surface area (TPSA) is 59.3 Å². The van der Waals surface area contributed by atoms with Crippen LogP contribution in [0, 0.1) is 0 Å². The molecular formula is C21H21F3N4O.